The summed E-state index contributed by atoms with van der Waals surface area (Å²) in [4.78, 5) is 9.59. The molecule has 1 aliphatic rings. The lowest BCUT2D eigenvalue weighted by Gasteiger charge is -2.31. The third-order valence-corrected chi connectivity index (χ3v) is 5.30. The predicted molar refractivity (Wildman–Crippen MR) is 85.1 cm³/mol. The van der Waals surface area contributed by atoms with Gasteiger partial charge in [-0.3, -0.25) is 0 Å². The predicted octanol–water partition coefficient (Wildman–Crippen LogP) is 3.74. The van der Waals surface area contributed by atoms with Gasteiger partial charge in [0.15, 0.2) is 5.01 Å². The number of fused-ring (bicyclic) bond motifs is 1. The van der Waals surface area contributed by atoms with Gasteiger partial charge in [-0.15, -0.1) is 10.2 Å². The Balaban J connectivity index is 1.48. The second kappa shape index (κ2) is 5.84. The van der Waals surface area contributed by atoms with Crippen molar-refractivity contribution in [1.29, 1.82) is 0 Å². The van der Waals surface area contributed by atoms with Crippen molar-refractivity contribution in [2.24, 2.45) is 0 Å². The van der Waals surface area contributed by atoms with E-state index in [4.69, 9.17) is 0 Å². The molecule has 0 amide bonds. The molecule has 3 aromatic heterocycles. The number of piperidine rings is 1. The first-order valence-corrected chi connectivity index (χ1v) is 8.32. The number of nitrogens with one attached hydrogen (secondary N) is 1. The molecule has 0 aromatic carbocycles. The number of aromatic amines is 1. The van der Waals surface area contributed by atoms with Crippen molar-refractivity contribution in [3.63, 3.8) is 0 Å². The Kier molecular flexibility index (Phi) is 3.68. The lowest BCUT2D eigenvalue weighted by Crippen LogP contribution is -2.32. The molecule has 4 rings (SSSR count). The Hall–Kier alpha value is -2.09. The molecule has 5 nitrogen and oxygen atoms in total. The highest BCUT2D eigenvalue weighted by atomic mass is 32.1. The second-order valence-electron chi connectivity index (χ2n) is 5.63. The van der Waals surface area contributed by atoms with Gasteiger partial charge in [0, 0.05) is 30.9 Å². The maximum absolute atomic E-state index is 12.6. The minimum atomic E-state index is -2.54. The van der Waals surface area contributed by atoms with Crippen LogP contribution in [0.2, 0.25) is 0 Å². The molecule has 23 heavy (non-hydrogen) atoms. The molecular formula is C15H15F2N5S. The van der Waals surface area contributed by atoms with Gasteiger partial charge < -0.3 is 9.88 Å². The summed E-state index contributed by atoms with van der Waals surface area (Å²) >= 11 is 0.986. The van der Waals surface area contributed by atoms with E-state index in [0.717, 1.165) is 42.9 Å². The van der Waals surface area contributed by atoms with Gasteiger partial charge in [-0.2, -0.15) is 0 Å². The van der Waals surface area contributed by atoms with E-state index in [0.29, 0.717) is 11.0 Å². The number of rotatable bonds is 3. The average molecular weight is 335 g/mol. The van der Waals surface area contributed by atoms with Crippen LogP contribution < -0.4 is 4.90 Å². The summed E-state index contributed by atoms with van der Waals surface area (Å²) in [5.74, 6) is 0.451. The molecule has 0 saturated carbocycles. The largest absolute Gasteiger partial charge is 0.347 e. The third kappa shape index (κ3) is 2.67. The minimum Gasteiger partial charge on any atom is -0.347 e. The fourth-order valence-corrected chi connectivity index (χ4v) is 3.89. The van der Waals surface area contributed by atoms with Crippen molar-refractivity contribution in [1.82, 2.24) is 20.2 Å². The molecule has 0 bridgehead atoms. The van der Waals surface area contributed by atoms with Gasteiger partial charge in [-0.25, -0.2) is 13.8 Å². The van der Waals surface area contributed by atoms with Gasteiger partial charge in [-0.05, 0) is 36.5 Å². The van der Waals surface area contributed by atoms with Gasteiger partial charge >= 0.3 is 0 Å². The quantitative estimate of drug-likeness (QED) is 0.792. The van der Waals surface area contributed by atoms with Gasteiger partial charge in [-0.1, -0.05) is 11.3 Å². The zero-order valence-corrected chi connectivity index (χ0v) is 13.1. The summed E-state index contributed by atoms with van der Waals surface area (Å²) in [6.07, 6.45) is 3.20. The van der Waals surface area contributed by atoms with E-state index in [1.807, 2.05) is 17.2 Å². The number of anilines is 1. The van der Waals surface area contributed by atoms with Gasteiger partial charge in [0.2, 0.25) is 5.13 Å². The molecule has 0 radical (unpaired) electrons. The fraction of sp³-hybridized carbons (Fsp3) is 0.400. The first kappa shape index (κ1) is 14.5. The normalized spacial score (nSPS) is 16.6. The van der Waals surface area contributed by atoms with Crippen LogP contribution in [-0.2, 0) is 0 Å². The summed E-state index contributed by atoms with van der Waals surface area (Å²) < 4.78 is 25.2. The maximum Gasteiger partial charge on any atom is 0.291 e. The summed E-state index contributed by atoms with van der Waals surface area (Å²) in [6.45, 7) is 1.60. The monoisotopic (exact) mass is 335 g/mol. The number of H-pyrrole nitrogens is 1. The number of halogens is 2. The van der Waals surface area contributed by atoms with Crippen molar-refractivity contribution in [3.05, 3.63) is 35.1 Å². The van der Waals surface area contributed by atoms with Gasteiger partial charge in [0.05, 0.1) is 0 Å². The second-order valence-corrected chi connectivity index (χ2v) is 6.62. The molecule has 1 N–H and O–H groups in total. The number of aromatic nitrogens is 4. The zero-order chi connectivity index (χ0) is 15.8. The van der Waals surface area contributed by atoms with Crippen molar-refractivity contribution < 1.29 is 8.78 Å². The van der Waals surface area contributed by atoms with E-state index in [2.05, 4.69) is 26.2 Å². The standard InChI is InChI=1S/C15H15F2N5S/c16-12(17)14-20-21-15(23-14)22-6-3-9(4-7-22)11-8-19-13-10(11)2-1-5-18-13/h1-2,5,8-9,12H,3-4,6-7H2,(H,18,19). The first-order chi connectivity index (χ1) is 11.2. The molecule has 120 valence electrons. The maximum atomic E-state index is 12.6. The van der Waals surface area contributed by atoms with Crippen LogP contribution >= 0.6 is 11.3 Å². The highest BCUT2D eigenvalue weighted by Crippen LogP contribution is 2.35. The topological polar surface area (TPSA) is 57.7 Å². The van der Waals surface area contributed by atoms with Crippen LogP contribution in [0.15, 0.2) is 24.5 Å². The molecule has 3 aromatic rings. The van der Waals surface area contributed by atoms with E-state index >= 15 is 0 Å². The van der Waals surface area contributed by atoms with E-state index in [9.17, 15) is 8.78 Å². The first-order valence-electron chi connectivity index (χ1n) is 7.51. The number of hydrogen-bond acceptors (Lipinski definition) is 5. The fourth-order valence-electron chi connectivity index (χ4n) is 3.14. The van der Waals surface area contributed by atoms with Crippen LogP contribution in [0.1, 0.15) is 35.8 Å². The Bertz CT molecular complexity index is 807. The number of alkyl halides is 2. The van der Waals surface area contributed by atoms with E-state index in [1.54, 1.807) is 6.20 Å². The minimum absolute atomic E-state index is 0.204. The molecular weight excluding hydrogens is 320 g/mol. The average Bonchev–Trinajstić information content (AvgIpc) is 3.22. The number of nitrogens with zero attached hydrogens (tertiary/aromatic N) is 4. The molecule has 0 spiro atoms. The molecule has 0 unspecified atom stereocenters. The molecule has 1 saturated heterocycles. The summed E-state index contributed by atoms with van der Waals surface area (Å²) in [7, 11) is 0. The van der Waals surface area contributed by atoms with Crippen LogP contribution in [0.3, 0.4) is 0 Å². The lowest BCUT2D eigenvalue weighted by molar-refractivity contribution is 0.150. The highest BCUT2D eigenvalue weighted by molar-refractivity contribution is 7.15. The third-order valence-electron chi connectivity index (χ3n) is 4.31. The smallest absolute Gasteiger partial charge is 0.291 e. The zero-order valence-electron chi connectivity index (χ0n) is 12.2. The Labute approximate surface area is 135 Å². The SMILES string of the molecule is FC(F)c1nnc(N2CCC(c3c[nH]c4ncccc34)CC2)s1. The van der Waals surface area contributed by atoms with Gasteiger partial charge in [0.25, 0.3) is 6.43 Å². The molecule has 8 heteroatoms. The van der Waals surface area contributed by atoms with E-state index in [-0.39, 0.29) is 5.01 Å². The van der Waals surface area contributed by atoms with E-state index in [1.165, 1.54) is 10.9 Å². The molecule has 4 heterocycles. The summed E-state index contributed by atoms with van der Waals surface area (Å²) in [5.41, 5.74) is 2.20. The van der Waals surface area contributed by atoms with Crippen molar-refractivity contribution >= 4 is 27.5 Å². The molecule has 0 aliphatic carbocycles. The van der Waals surface area contributed by atoms with Gasteiger partial charge in [0.1, 0.15) is 5.65 Å². The Morgan fingerprint density at radius 1 is 1.26 bits per heavy atom. The van der Waals surface area contributed by atoms with Crippen LogP contribution in [-0.4, -0.2) is 33.3 Å². The van der Waals surface area contributed by atoms with Crippen molar-refractivity contribution in [3.8, 4) is 0 Å². The number of pyridine rings is 1. The molecule has 1 fully saturated rings. The van der Waals surface area contributed by atoms with Crippen molar-refractivity contribution in [2.75, 3.05) is 18.0 Å². The summed E-state index contributed by atoms with van der Waals surface area (Å²) in [6, 6.07) is 4.03. The molecule has 1 aliphatic heterocycles. The van der Waals surface area contributed by atoms with Crippen molar-refractivity contribution in [2.45, 2.75) is 25.2 Å². The van der Waals surface area contributed by atoms with E-state index < -0.39 is 6.43 Å². The summed E-state index contributed by atoms with van der Waals surface area (Å²) in [5, 5.41) is 9.02. The van der Waals surface area contributed by atoms with Crippen LogP contribution in [0.4, 0.5) is 13.9 Å². The Morgan fingerprint density at radius 3 is 2.83 bits per heavy atom. The molecule has 0 atom stereocenters. The Morgan fingerprint density at radius 2 is 2.09 bits per heavy atom. The van der Waals surface area contributed by atoms with Crippen LogP contribution in [0, 0.1) is 0 Å². The number of hydrogen-bond donors (Lipinski definition) is 1. The lowest BCUT2D eigenvalue weighted by atomic mass is 9.90. The van der Waals surface area contributed by atoms with Crippen LogP contribution in [0.5, 0.6) is 0 Å². The van der Waals surface area contributed by atoms with Crippen LogP contribution in [0.25, 0.3) is 11.0 Å². The highest BCUT2D eigenvalue weighted by Gasteiger charge is 2.25.